The molecule has 5 nitrogen and oxygen atoms in total. The van der Waals surface area contributed by atoms with Crippen molar-refractivity contribution in [3.8, 4) is 0 Å². The molecule has 24 heavy (non-hydrogen) atoms. The van der Waals surface area contributed by atoms with Crippen LogP contribution in [0.3, 0.4) is 0 Å². The quantitative estimate of drug-likeness (QED) is 0.733. The molecule has 3 aromatic rings. The summed E-state index contributed by atoms with van der Waals surface area (Å²) in [6.45, 7) is 3.06. The van der Waals surface area contributed by atoms with Crippen LogP contribution in [-0.4, -0.2) is 34.0 Å². The van der Waals surface area contributed by atoms with Gasteiger partial charge in [0.05, 0.1) is 11.5 Å². The number of aryl methyl sites for hydroxylation is 1. The van der Waals surface area contributed by atoms with Crippen molar-refractivity contribution in [1.82, 2.24) is 15.0 Å². The normalized spacial score (nSPS) is 20.5. The van der Waals surface area contributed by atoms with E-state index in [0.717, 1.165) is 5.56 Å². The summed E-state index contributed by atoms with van der Waals surface area (Å²) in [6.07, 6.45) is 0. The summed E-state index contributed by atoms with van der Waals surface area (Å²) < 4.78 is 5.42. The maximum atomic E-state index is 12.7. The minimum absolute atomic E-state index is 0.0242. The first kappa shape index (κ1) is 15.1. The van der Waals surface area contributed by atoms with Gasteiger partial charge in [0.25, 0.3) is 5.91 Å². The average molecular weight is 339 g/mol. The second kappa shape index (κ2) is 6.20. The molecule has 2 atom stereocenters. The number of likely N-dealkylation sites (tertiary alicyclic amines) is 1. The number of hydrogen-bond acceptors (Lipinski definition) is 5. The van der Waals surface area contributed by atoms with Gasteiger partial charge >= 0.3 is 0 Å². The van der Waals surface area contributed by atoms with Crippen molar-refractivity contribution in [2.75, 3.05) is 13.1 Å². The van der Waals surface area contributed by atoms with Gasteiger partial charge < -0.3 is 9.42 Å². The van der Waals surface area contributed by atoms with Crippen molar-refractivity contribution in [3.05, 3.63) is 70.0 Å². The molecule has 1 aliphatic heterocycles. The topological polar surface area (TPSA) is 59.2 Å². The van der Waals surface area contributed by atoms with Gasteiger partial charge in [-0.1, -0.05) is 35.5 Å². The third-order valence-electron chi connectivity index (χ3n) is 4.46. The molecule has 0 saturated carbocycles. The molecule has 2 aromatic heterocycles. The van der Waals surface area contributed by atoms with E-state index in [4.69, 9.17) is 4.52 Å². The monoisotopic (exact) mass is 339 g/mol. The van der Waals surface area contributed by atoms with Gasteiger partial charge in [-0.2, -0.15) is 16.3 Å². The van der Waals surface area contributed by atoms with Gasteiger partial charge in [-0.25, -0.2) is 0 Å². The number of carbonyl (C=O) groups excluding carboxylic acids is 1. The van der Waals surface area contributed by atoms with Gasteiger partial charge in [0.2, 0.25) is 5.89 Å². The third kappa shape index (κ3) is 2.73. The number of rotatable bonds is 3. The van der Waals surface area contributed by atoms with Crippen LogP contribution in [0.1, 0.15) is 39.5 Å². The molecule has 0 radical (unpaired) electrons. The van der Waals surface area contributed by atoms with Crippen molar-refractivity contribution in [2.24, 2.45) is 0 Å². The molecule has 3 heterocycles. The minimum Gasteiger partial charge on any atom is -0.339 e. The lowest BCUT2D eigenvalue weighted by Crippen LogP contribution is -2.28. The van der Waals surface area contributed by atoms with Crippen LogP contribution < -0.4 is 0 Å². The van der Waals surface area contributed by atoms with Crippen LogP contribution >= 0.6 is 11.3 Å². The summed E-state index contributed by atoms with van der Waals surface area (Å²) in [6, 6.07) is 12.1. The van der Waals surface area contributed by atoms with Gasteiger partial charge in [-0.3, -0.25) is 4.79 Å². The van der Waals surface area contributed by atoms with Crippen LogP contribution in [0.25, 0.3) is 0 Å². The molecule has 1 amide bonds. The summed E-state index contributed by atoms with van der Waals surface area (Å²) in [7, 11) is 0. The van der Waals surface area contributed by atoms with Crippen LogP contribution in [0.2, 0.25) is 0 Å². The zero-order chi connectivity index (χ0) is 16.5. The van der Waals surface area contributed by atoms with Crippen LogP contribution in [0.5, 0.6) is 0 Å². The molecular weight excluding hydrogens is 322 g/mol. The summed E-state index contributed by atoms with van der Waals surface area (Å²) in [4.78, 5) is 19.0. The van der Waals surface area contributed by atoms with Gasteiger partial charge in [0.1, 0.15) is 0 Å². The predicted octanol–water partition coefficient (Wildman–Crippen LogP) is 3.46. The largest absolute Gasteiger partial charge is 0.339 e. The number of benzene rings is 1. The van der Waals surface area contributed by atoms with E-state index < -0.39 is 0 Å². The number of carbonyl (C=O) groups is 1. The van der Waals surface area contributed by atoms with E-state index in [0.29, 0.717) is 24.8 Å². The van der Waals surface area contributed by atoms with Gasteiger partial charge in [0, 0.05) is 24.4 Å². The molecule has 4 rings (SSSR count). The molecule has 0 bridgehead atoms. The molecule has 1 aliphatic rings. The van der Waals surface area contributed by atoms with Gasteiger partial charge in [0.15, 0.2) is 5.82 Å². The lowest BCUT2D eigenvalue weighted by Gasteiger charge is -2.16. The first-order chi connectivity index (χ1) is 11.7. The summed E-state index contributed by atoms with van der Waals surface area (Å²) in [5, 5.41) is 7.74. The smallest absolute Gasteiger partial charge is 0.254 e. The molecule has 0 N–H and O–H groups in total. The molecule has 122 valence electrons. The fraction of sp³-hybridized carbons (Fsp3) is 0.278. The molecule has 0 unspecified atom stereocenters. The first-order valence-electron chi connectivity index (χ1n) is 7.89. The lowest BCUT2D eigenvalue weighted by molar-refractivity contribution is 0.0788. The van der Waals surface area contributed by atoms with Crippen molar-refractivity contribution in [3.63, 3.8) is 0 Å². The van der Waals surface area contributed by atoms with Gasteiger partial charge in [-0.05, 0) is 23.9 Å². The van der Waals surface area contributed by atoms with E-state index in [1.165, 1.54) is 16.9 Å². The van der Waals surface area contributed by atoms with Crippen LogP contribution in [0.15, 0.2) is 51.7 Å². The van der Waals surface area contributed by atoms with Crippen molar-refractivity contribution in [2.45, 2.75) is 18.8 Å². The molecule has 1 saturated heterocycles. The van der Waals surface area contributed by atoms with E-state index in [9.17, 15) is 4.79 Å². The third-order valence-corrected chi connectivity index (χ3v) is 5.15. The first-order valence-corrected chi connectivity index (χ1v) is 8.83. The fourth-order valence-electron chi connectivity index (χ4n) is 3.29. The van der Waals surface area contributed by atoms with Crippen molar-refractivity contribution < 1.29 is 9.32 Å². The number of amides is 1. The number of hydrogen-bond donors (Lipinski definition) is 0. The fourth-order valence-corrected chi connectivity index (χ4v) is 3.92. The lowest BCUT2D eigenvalue weighted by atomic mass is 9.89. The molecule has 1 aromatic carbocycles. The molecular formula is C18H17N3O2S. The standard InChI is InChI=1S/C18H17N3O2S/c1-12-19-17(23-20-12)16-10-21(18(22)14-7-8-24-11-14)9-15(16)13-5-3-2-4-6-13/h2-8,11,15-16H,9-10H2,1H3/t15-,16+/m0/s1. The highest BCUT2D eigenvalue weighted by Crippen LogP contribution is 2.39. The second-order valence-electron chi connectivity index (χ2n) is 6.03. The highest BCUT2D eigenvalue weighted by atomic mass is 32.1. The Kier molecular flexibility index (Phi) is 3.90. The van der Waals surface area contributed by atoms with E-state index >= 15 is 0 Å². The Bertz CT molecular complexity index is 829. The van der Waals surface area contributed by atoms with E-state index in [1.54, 1.807) is 0 Å². The number of nitrogens with zero attached hydrogens (tertiary/aromatic N) is 3. The zero-order valence-corrected chi connectivity index (χ0v) is 14.1. The number of thiophene rings is 1. The Labute approximate surface area is 143 Å². The van der Waals surface area contributed by atoms with E-state index in [1.807, 2.05) is 46.8 Å². The molecule has 0 aliphatic carbocycles. The Morgan fingerprint density at radius 3 is 2.67 bits per heavy atom. The Morgan fingerprint density at radius 2 is 2.00 bits per heavy atom. The Morgan fingerprint density at radius 1 is 1.21 bits per heavy atom. The summed E-state index contributed by atoms with van der Waals surface area (Å²) in [5.74, 6) is 1.49. The maximum absolute atomic E-state index is 12.7. The molecule has 1 fully saturated rings. The highest BCUT2D eigenvalue weighted by Gasteiger charge is 2.40. The Hall–Kier alpha value is -2.47. The van der Waals surface area contributed by atoms with E-state index in [2.05, 4.69) is 22.3 Å². The van der Waals surface area contributed by atoms with Crippen molar-refractivity contribution in [1.29, 1.82) is 0 Å². The minimum atomic E-state index is 0.0242. The highest BCUT2D eigenvalue weighted by molar-refractivity contribution is 7.08. The summed E-state index contributed by atoms with van der Waals surface area (Å²) in [5.41, 5.74) is 1.94. The Balaban J connectivity index is 1.66. The van der Waals surface area contributed by atoms with E-state index in [-0.39, 0.29) is 17.7 Å². The van der Waals surface area contributed by atoms with Crippen LogP contribution in [0.4, 0.5) is 0 Å². The second-order valence-corrected chi connectivity index (χ2v) is 6.81. The maximum Gasteiger partial charge on any atom is 0.254 e. The van der Waals surface area contributed by atoms with Crippen LogP contribution in [-0.2, 0) is 0 Å². The van der Waals surface area contributed by atoms with Crippen LogP contribution in [0, 0.1) is 6.92 Å². The summed E-state index contributed by atoms with van der Waals surface area (Å²) >= 11 is 1.54. The zero-order valence-electron chi connectivity index (χ0n) is 13.3. The SMILES string of the molecule is Cc1noc([C@@H]2CN(C(=O)c3ccsc3)C[C@H]2c2ccccc2)n1. The predicted molar refractivity (Wildman–Crippen MR) is 91.2 cm³/mol. The average Bonchev–Trinajstić information content (AvgIpc) is 3.35. The molecule has 6 heteroatoms. The number of aromatic nitrogens is 2. The molecule has 0 spiro atoms. The van der Waals surface area contributed by atoms with Gasteiger partial charge in [-0.15, -0.1) is 0 Å². The van der Waals surface area contributed by atoms with Crippen molar-refractivity contribution >= 4 is 17.2 Å².